The van der Waals surface area contributed by atoms with Gasteiger partial charge >= 0.3 is 0 Å². The fraction of sp³-hybridized carbons (Fsp3) is 0.524. The first kappa shape index (κ1) is 17.4. The van der Waals surface area contributed by atoms with Gasteiger partial charge in [0.25, 0.3) is 0 Å². The molecule has 1 aliphatic carbocycles. The predicted molar refractivity (Wildman–Crippen MR) is 102 cm³/mol. The molecule has 3 saturated heterocycles. The zero-order valence-electron chi connectivity index (χ0n) is 15.7. The van der Waals surface area contributed by atoms with Gasteiger partial charge < -0.3 is 9.80 Å². The normalized spacial score (nSPS) is 30.0. The van der Waals surface area contributed by atoms with Crippen LogP contribution in [0.2, 0.25) is 0 Å². The highest BCUT2D eigenvalue weighted by Crippen LogP contribution is 2.38. The lowest BCUT2D eigenvalue weighted by Gasteiger charge is -2.45. The van der Waals surface area contributed by atoms with E-state index in [1.54, 1.807) is 11.1 Å². The first-order valence-electron chi connectivity index (χ1n) is 10.1. The Hall–Kier alpha value is -2.70. The topological polar surface area (TPSA) is 73.8 Å². The van der Waals surface area contributed by atoms with Crippen LogP contribution < -0.4 is 4.90 Å². The van der Waals surface area contributed by atoms with E-state index >= 15 is 0 Å². The van der Waals surface area contributed by atoms with Gasteiger partial charge in [-0.15, -0.1) is 0 Å². The Labute approximate surface area is 164 Å². The minimum atomic E-state index is -0.201. The summed E-state index contributed by atoms with van der Waals surface area (Å²) in [6, 6.07) is 5.36. The summed E-state index contributed by atoms with van der Waals surface area (Å²) < 4.78 is 0. The molecule has 0 spiro atoms. The third-order valence-electron chi connectivity index (χ3n) is 6.56. The molecule has 146 valence electrons. The Morgan fingerprint density at radius 2 is 1.75 bits per heavy atom. The Bertz CT molecular complexity index is 807. The summed E-state index contributed by atoms with van der Waals surface area (Å²) in [5.41, 5.74) is 0. The Morgan fingerprint density at radius 1 is 1.04 bits per heavy atom. The van der Waals surface area contributed by atoms with Gasteiger partial charge in [0.2, 0.25) is 17.7 Å². The third-order valence-corrected chi connectivity index (χ3v) is 6.56. The summed E-state index contributed by atoms with van der Waals surface area (Å²) >= 11 is 0. The second kappa shape index (κ2) is 6.72. The van der Waals surface area contributed by atoms with E-state index in [-0.39, 0.29) is 41.6 Å². The standard InChI is InChI=1S/C21H24N4O3/c26-19-15-6-1-2-7-16(15)20(27)25(19)14-12-23(13-14)21(28)17-8-5-11-24(17)18-9-3-4-10-22-18/h1-4,9-10,14-17H,5-8,11-13H2. The molecular formula is C21H24N4O3. The van der Waals surface area contributed by atoms with Crippen molar-refractivity contribution in [1.82, 2.24) is 14.8 Å². The monoisotopic (exact) mass is 380 g/mol. The van der Waals surface area contributed by atoms with Crippen molar-refractivity contribution < 1.29 is 14.4 Å². The highest BCUT2D eigenvalue weighted by Gasteiger charge is 2.53. The molecule has 1 aromatic heterocycles. The van der Waals surface area contributed by atoms with Gasteiger partial charge in [0.05, 0.1) is 17.9 Å². The number of carbonyl (C=O) groups excluding carboxylic acids is 3. The molecule has 0 saturated carbocycles. The molecule has 0 bridgehead atoms. The summed E-state index contributed by atoms with van der Waals surface area (Å²) in [5.74, 6) is 0.419. The van der Waals surface area contributed by atoms with Crippen molar-refractivity contribution >= 4 is 23.5 Å². The van der Waals surface area contributed by atoms with Crippen LogP contribution in [0.3, 0.4) is 0 Å². The molecule has 3 amide bonds. The first-order chi connectivity index (χ1) is 13.6. The maximum Gasteiger partial charge on any atom is 0.245 e. The van der Waals surface area contributed by atoms with Crippen LogP contribution >= 0.6 is 0 Å². The number of fused-ring (bicyclic) bond motifs is 1. The summed E-state index contributed by atoms with van der Waals surface area (Å²) in [6.07, 6.45) is 8.83. The van der Waals surface area contributed by atoms with Crippen LogP contribution in [0.4, 0.5) is 5.82 Å². The van der Waals surface area contributed by atoms with Gasteiger partial charge in [-0.05, 0) is 37.8 Å². The molecule has 7 heteroatoms. The van der Waals surface area contributed by atoms with Crippen LogP contribution in [0.1, 0.15) is 25.7 Å². The predicted octanol–water partition coefficient (Wildman–Crippen LogP) is 1.21. The van der Waals surface area contributed by atoms with Crippen molar-refractivity contribution in [3.63, 3.8) is 0 Å². The molecular weight excluding hydrogens is 356 g/mol. The molecule has 1 aromatic rings. The van der Waals surface area contributed by atoms with Gasteiger partial charge in [0.1, 0.15) is 11.9 Å². The number of carbonyl (C=O) groups is 3. The molecule has 3 atom stereocenters. The van der Waals surface area contributed by atoms with Crippen molar-refractivity contribution in [1.29, 1.82) is 0 Å². The molecule has 7 nitrogen and oxygen atoms in total. The molecule has 3 unspecified atom stereocenters. The van der Waals surface area contributed by atoms with Gasteiger partial charge in [-0.1, -0.05) is 18.2 Å². The van der Waals surface area contributed by atoms with Gasteiger partial charge in [-0.2, -0.15) is 0 Å². The molecule has 3 aliphatic heterocycles. The van der Waals surface area contributed by atoms with Gasteiger partial charge in [-0.25, -0.2) is 4.98 Å². The third kappa shape index (κ3) is 2.64. The van der Waals surface area contributed by atoms with Crippen molar-refractivity contribution in [3.05, 3.63) is 36.5 Å². The lowest BCUT2D eigenvalue weighted by Crippen LogP contribution is -2.65. The number of allylic oxidation sites excluding steroid dienone is 2. The summed E-state index contributed by atoms with van der Waals surface area (Å²) in [5, 5.41) is 0. The number of imide groups is 1. The average Bonchev–Trinajstić information content (AvgIpc) is 3.27. The quantitative estimate of drug-likeness (QED) is 0.582. The number of nitrogens with zero attached hydrogens (tertiary/aromatic N) is 4. The maximum atomic E-state index is 13.0. The average molecular weight is 380 g/mol. The van der Waals surface area contributed by atoms with Crippen LogP contribution in [0.25, 0.3) is 0 Å². The van der Waals surface area contributed by atoms with E-state index in [2.05, 4.69) is 9.88 Å². The number of anilines is 1. The van der Waals surface area contributed by atoms with E-state index in [4.69, 9.17) is 0 Å². The lowest BCUT2D eigenvalue weighted by atomic mass is 9.85. The zero-order valence-corrected chi connectivity index (χ0v) is 15.7. The lowest BCUT2D eigenvalue weighted by molar-refractivity contribution is -0.153. The van der Waals surface area contributed by atoms with E-state index in [9.17, 15) is 14.4 Å². The van der Waals surface area contributed by atoms with Gasteiger partial charge in [0, 0.05) is 25.8 Å². The number of aromatic nitrogens is 1. The Balaban J connectivity index is 1.24. The molecule has 3 fully saturated rings. The van der Waals surface area contributed by atoms with Crippen LogP contribution in [0.5, 0.6) is 0 Å². The number of hydrogen-bond donors (Lipinski definition) is 0. The SMILES string of the molecule is O=C(C1CCCN1c1ccccn1)N1CC(N2C(=O)C3CC=CCC3C2=O)C1. The van der Waals surface area contributed by atoms with Crippen LogP contribution in [0.15, 0.2) is 36.5 Å². The minimum absolute atomic E-state index is 0.0487. The molecule has 5 rings (SSSR count). The van der Waals surface area contributed by atoms with Crippen molar-refractivity contribution in [2.75, 3.05) is 24.5 Å². The fourth-order valence-corrected chi connectivity index (χ4v) is 5.02. The number of rotatable bonds is 3. The number of amides is 3. The van der Waals surface area contributed by atoms with E-state index in [0.717, 1.165) is 25.2 Å². The minimum Gasteiger partial charge on any atom is -0.345 e. The fourth-order valence-electron chi connectivity index (χ4n) is 5.02. The second-order valence-electron chi connectivity index (χ2n) is 8.14. The maximum absolute atomic E-state index is 13.0. The van der Waals surface area contributed by atoms with Gasteiger partial charge in [0.15, 0.2) is 0 Å². The van der Waals surface area contributed by atoms with E-state index in [0.29, 0.717) is 25.9 Å². The van der Waals surface area contributed by atoms with Crippen molar-refractivity contribution in [2.24, 2.45) is 11.8 Å². The van der Waals surface area contributed by atoms with Crippen LogP contribution in [-0.2, 0) is 14.4 Å². The number of likely N-dealkylation sites (tertiary alicyclic amines) is 2. The zero-order chi connectivity index (χ0) is 19.3. The Kier molecular flexibility index (Phi) is 4.18. The molecule has 28 heavy (non-hydrogen) atoms. The number of hydrogen-bond acceptors (Lipinski definition) is 5. The van der Waals surface area contributed by atoms with E-state index in [1.165, 1.54) is 4.90 Å². The summed E-state index contributed by atoms with van der Waals surface area (Å²) in [4.78, 5) is 48.2. The largest absolute Gasteiger partial charge is 0.345 e. The van der Waals surface area contributed by atoms with Crippen LogP contribution in [0, 0.1) is 11.8 Å². The highest BCUT2D eigenvalue weighted by atomic mass is 16.2. The number of pyridine rings is 1. The molecule has 4 heterocycles. The van der Waals surface area contributed by atoms with E-state index < -0.39 is 0 Å². The molecule has 0 aromatic carbocycles. The van der Waals surface area contributed by atoms with Crippen molar-refractivity contribution in [2.45, 2.75) is 37.8 Å². The first-order valence-corrected chi connectivity index (χ1v) is 10.1. The Morgan fingerprint density at radius 3 is 2.39 bits per heavy atom. The summed E-state index contributed by atoms with van der Waals surface area (Å²) in [6.45, 7) is 1.73. The van der Waals surface area contributed by atoms with Crippen LogP contribution in [-0.4, -0.2) is 64.2 Å². The molecule has 0 N–H and O–H groups in total. The van der Waals surface area contributed by atoms with Gasteiger partial charge in [-0.3, -0.25) is 19.3 Å². The summed E-state index contributed by atoms with van der Waals surface area (Å²) in [7, 11) is 0. The molecule has 4 aliphatic rings. The highest BCUT2D eigenvalue weighted by molar-refractivity contribution is 6.06. The second-order valence-corrected chi connectivity index (χ2v) is 8.14. The smallest absolute Gasteiger partial charge is 0.245 e. The molecule has 0 radical (unpaired) electrons. The van der Waals surface area contributed by atoms with Crippen molar-refractivity contribution in [3.8, 4) is 0 Å². The van der Waals surface area contributed by atoms with E-state index in [1.807, 2.05) is 30.4 Å².